The highest BCUT2D eigenvalue weighted by atomic mass is 16.1. The van der Waals surface area contributed by atoms with E-state index in [0.717, 1.165) is 28.7 Å². The molecule has 1 N–H and O–H groups in total. The number of aryl methyl sites for hydroxylation is 1. The Hall–Kier alpha value is -1.97. The Labute approximate surface area is 86.4 Å². The number of carbonyl (C=O) groups excluding carboxylic acids is 1. The third-order valence-electron chi connectivity index (χ3n) is 2.59. The molecule has 0 radical (unpaired) electrons. The molecule has 0 unspecified atom stereocenters. The Kier molecular flexibility index (Phi) is 1.68. The molecule has 1 aliphatic heterocycles. The number of rotatable bonds is 0. The van der Waals surface area contributed by atoms with Crippen LogP contribution in [0.1, 0.15) is 12.0 Å². The van der Waals surface area contributed by atoms with Crippen molar-refractivity contribution in [2.24, 2.45) is 0 Å². The number of hydrogen-bond donors (Lipinski definition) is 1. The Morgan fingerprint density at radius 1 is 1.07 bits per heavy atom. The summed E-state index contributed by atoms with van der Waals surface area (Å²) in [5, 5.41) is 2.85. The minimum absolute atomic E-state index is 0.0748. The van der Waals surface area contributed by atoms with Crippen molar-refractivity contribution in [3.8, 4) is 0 Å². The Morgan fingerprint density at radius 3 is 2.60 bits per heavy atom. The fourth-order valence-electron chi connectivity index (χ4n) is 1.84. The van der Waals surface area contributed by atoms with Crippen molar-refractivity contribution in [3.63, 3.8) is 0 Å². The predicted molar refractivity (Wildman–Crippen MR) is 56.5 cm³/mol. The summed E-state index contributed by atoms with van der Waals surface area (Å²) >= 11 is 0. The minimum Gasteiger partial charge on any atom is -0.326 e. The molecular weight excluding hydrogens is 190 g/mol. The fourth-order valence-corrected chi connectivity index (χ4v) is 1.84. The second-order valence-corrected chi connectivity index (χ2v) is 3.60. The molecule has 0 spiro atoms. The van der Waals surface area contributed by atoms with E-state index in [0.29, 0.717) is 6.42 Å². The highest BCUT2D eigenvalue weighted by Gasteiger charge is 2.15. The van der Waals surface area contributed by atoms with Crippen LogP contribution in [-0.4, -0.2) is 15.9 Å². The minimum atomic E-state index is 0.0748. The zero-order valence-corrected chi connectivity index (χ0v) is 8.03. The summed E-state index contributed by atoms with van der Waals surface area (Å²) in [4.78, 5) is 19.6. The lowest BCUT2D eigenvalue weighted by Gasteiger charge is -2.16. The topological polar surface area (TPSA) is 54.9 Å². The lowest BCUT2D eigenvalue weighted by Crippen LogP contribution is -2.18. The normalized spacial score (nSPS) is 14.8. The van der Waals surface area contributed by atoms with Crippen LogP contribution in [0.4, 0.5) is 5.69 Å². The second-order valence-electron chi connectivity index (χ2n) is 3.60. The van der Waals surface area contributed by atoms with Gasteiger partial charge in [-0.05, 0) is 24.1 Å². The maximum absolute atomic E-state index is 11.2. The van der Waals surface area contributed by atoms with Gasteiger partial charge in [0.2, 0.25) is 5.91 Å². The van der Waals surface area contributed by atoms with Gasteiger partial charge in [-0.3, -0.25) is 14.8 Å². The molecule has 15 heavy (non-hydrogen) atoms. The van der Waals surface area contributed by atoms with Gasteiger partial charge in [-0.1, -0.05) is 0 Å². The van der Waals surface area contributed by atoms with Crippen molar-refractivity contribution in [2.75, 3.05) is 5.32 Å². The van der Waals surface area contributed by atoms with Gasteiger partial charge in [-0.2, -0.15) is 0 Å². The average Bonchev–Trinajstić information content (AvgIpc) is 2.26. The molecular formula is C11H9N3O. The Morgan fingerprint density at radius 2 is 1.80 bits per heavy atom. The molecule has 0 fully saturated rings. The van der Waals surface area contributed by atoms with Crippen LogP contribution in [0.15, 0.2) is 24.5 Å². The molecule has 3 rings (SSSR count). The third kappa shape index (κ3) is 1.34. The van der Waals surface area contributed by atoms with E-state index in [1.807, 2.05) is 12.1 Å². The van der Waals surface area contributed by atoms with Crippen molar-refractivity contribution < 1.29 is 4.79 Å². The Balaban J connectivity index is 2.24. The summed E-state index contributed by atoms with van der Waals surface area (Å²) in [6, 6.07) is 3.88. The van der Waals surface area contributed by atoms with Gasteiger partial charge in [0.05, 0.1) is 11.0 Å². The van der Waals surface area contributed by atoms with Crippen LogP contribution >= 0.6 is 0 Å². The van der Waals surface area contributed by atoms with Crippen LogP contribution in [0.2, 0.25) is 0 Å². The van der Waals surface area contributed by atoms with E-state index in [2.05, 4.69) is 15.3 Å². The van der Waals surface area contributed by atoms with E-state index in [4.69, 9.17) is 0 Å². The molecule has 0 atom stereocenters. The molecule has 0 aliphatic carbocycles. The van der Waals surface area contributed by atoms with Gasteiger partial charge < -0.3 is 5.32 Å². The molecule has 2 aromatic rings. The predicted octanol–water partition coefficient (Wildman–Crippen LogP) is 1.51. The van der Waals surface area contributed by atoms with Crippen molar-refractivity contribution >= 4 is 22.6 Å². The quantitative estimate of drug-likeness (QED) is 0.699. The molecule has 0 saturated carbocycles. The first-order valence-corrected chi connectivity index (χ1v) is 4.86. The van der Waals surface area contributed by atoms with Crippen molar-refractivity contribution in [2.45, 2.75) is 12.8 Å². The summed E-state index contributed by atoms with van der Waals surface area (Å²) < 4.78 is 0. The molecule has 1 amide bonds. The highest BCUT2D eigenvalue weighted by Crippen LogP contribution is 2.25. The maximum Gasteiger partial charge on any atom is 0.224 e. The van der Waals surface area contributed by atoms with Crippen LogP contribution in [0.25, 0.3) is 11.0 Å². The van der Waals surface area contributed by atoms with Gasteiger partial charge in [0.1, 0.15) is 0 Å². The molecule has 1 aliphatic rings. The summed E-state index contributed by atoms with van der Waals surface area (Å²) in [5.41, 5.74) is 3.72. The number of nitrogens with zero attached hydrogens (tertiary/aromatic N) is 2. The third-order valence-corrected chi connectivity index (χ3v) is 2.59. The van der Waals surface area contributed by atoms with Crippen molar-refractivity contribution in [1.82, 2.24) is 9.97 Å². The maximum atomic E-state index is 11.2. The van der Waals surface area contributed by atoms with Gasteiger partial charge in [0, 0.05) is 24.5 Å². The number of amides is 1. The van der Waals surface area contributed by atoms with Gasteiger partial charge in [0.15, 0.2) is 0 Å². The van der Waals surface area contributed by atoms with Gasteiger partial charge >= 0.3 is 0 Å². The van der Waals surface area contributed by atoms with E-state index in [-0.39, 0.29) is 5.91 Å². The summed E-state index contributed by atoms with van der Waals surface area (Å²) in [6.45, 7) is 0. The van der Waals surface area contributed by atoms with Crippen LogP contribution in [-0.2, 0) is 11.2 Å². The van der Waals surface area contributed by atoms with E-state index >= 15 is 0 Å². The van der Waals surface area contributed by atoms with Crippen LogP contribution in [0.3, 0.4) is 0 Å². The van der Waals surface area contributed by atoms with E-state index in [9.17, 15) is 4.79 Å². The Bertz CT molecular complexity index is 551. The number of carbonyl (C=O) groups is 1. The fraction of sp³-hybridized carbons (Fsp3) is 0.182. The second kappa shape index (κ2) is 3.02. The number of fused-ring (bicyclic) bond motifs is 2. The zero-order valence-electron chi connectivity index (χ0n) is 8.03. The number of anilines is 1. The molecule has 0 bridgehead atoms. The van der Waals surface area contributed by atoms with Crippen molar-refractivity contribution in [1.29, 1.82) is 0 Å². The molecule has 4 heteroatoms. The standard InChI is InChI=1S/C11H9N3O/c15-11-2-1-7-5-9-10(6-8(7)14-11)13-4-3-12-9/h3-6H,1-2H2,(H,14,15). The van der Waals surface area contributed by atoms with E-state index < -0.39 is 0 Å². The smallest absolute Gasteiger partial charge is 0.224 e. The van der Waals surface area contributed by atoms with Crippen LogP contribution < -0.4 is 5.32 Å². The number of aromatic nitrogens is 2. The SMILES string of the molecule is O=C1CCc2cc3nccnc3cc2N1. The molecule has 1 aromatic carbocycles. The van der Waals surface area contributed by atoms with Gasteiger partial charge in [-0.15, -0.1) is 0 Å². The summed E-state index contributed by atoms with van der Waals surface area (Å²) in [7, 11) is 0. The van der Waals surface area contributed by atoms with E-state index in [1.165, 1.54) is 0 Å². The first kappa shape index (κ1) is 8.35. The molecule has 74 valence electrons. The lowest BCUT2D eigenvalue weighted by atomic mass is 10.0. The largest absolute Gasteiger partial charge is 0.326 e. The van der Waals surface area contributed by atoms with Gasteiger partial charge in [0.25, 0.3) is 0 Å². The van der Waals surface area contributed by atoms with Crippen LogP contribution in [0, 0.1) is 0 Å². The first-order chi connectivity index (χ1) is 7.33. The number of hydrogen-bond acceptors (Lipinski definition) is 3. The lowest BCUT2D eigenvalue weighted by molar-refractivity contribution is -0.116. The highest BCUT2D eigenvalue weighted by molar-refractivity contribution is 5.96. The monoisotopic (exact) mass is 199 g/mol. The van der Waals surface area contributed by atoms with E-state index in [1.54, 1.807) is 12.4 Å². The molecule has 2 heterocycles. The summed E-state index contributed by atoms with van der Waals surface area (Å²) in [5.74, 6) is 0.0748. The van der Waals surface area contributed by atoms with Crippen molar-refractivity contribution in [3.05, 3.63) is 30.1 Å². The van der Waals surface area contributed by atoms with Crippen LogP contribution in [0.5, 0.6) is 0 Å². The zero-order chi connectivity index (χ0) is 10.3. The van der Waals surface area contributed by atoms with Gasteiger partial charge in [-0.25, -0.2) is 0 Å². The molecule has 4 nitrogen and oxygen atoms in total. The first-order valence-electron chi connectivity index (χ1n) is 4.86. The average molecular weight is 199 g/mol. The number of nitrogens with one attached hydrogen (secondary N) is 1. The number of benzene rings is 1. The molecule has 0 saturated heterocycles. The molecule has 1 aromatic heterocycles. The summed E-state index contributed by atoms with van der Waals surface area (Å²) in [6.07, 6.45) is 4.67.